The second-order valence-electron chi connectivity index (χ2n) is 3.90. The van der Waals surface area contributed by atoms with Crippen molar-refractivity contribution in [1.29, 1.82) is 0 Å². The number of carboxylic acids is 1. The van der Waals surface area contributed by atoms with E-state index in [4.69, 9.17) is 4.55 Å². The minimum Gasteiger partial charge on any atom is -0.545 e. The molecule has 5 nitrogen and oxygen atoms in total. The molecule has 0 saturated heterocycles. The molecule has 0 heterocycles. The van der Waals surface area contributed by atoms with Crippen molar-refractivity contribution in [3.05, 3.63) is 11.6 Å². The van der Waals surface area contributed by atoms with E-state index in [-0.39, 0.29) is 41.6 Å². The molecule has 100 valence electrons. The molecule has 0 aromatic heterocycles. The van der Waals surface area contributed by atoms with Crippen LogP contribution in [0.15, 0.2) is 11.6 Å². The summed E-state index contributed by atoms with van der Waals surface area (Å²) in [6.45, 7) is 2.06. The van der Waals surface area contributed by atoms with Gasteiger partial charge in [-0.1, -0.05) is 32.3 Å². The summed E-state index contributed by atoms with van der Waals surface area (Å²) in [5.74, 6) is -1.73. The number of allylic oxidation sites excluding steroid dienone is 1. The first kappa shape index (κ1) is 20.4. The van der Waals surface area contributed by atoms with Crippen molar-refractivity contribution in [2.45, 2.75) is 45.4 Å². The van der Waals surface area contributed by atoms with E-state index in [9.17, 15) is 18.3 Å². The number of carbonyl (C=O) groups excluding carboxylic acids is 1. The molecule has 18 heavy (non-hydrogen) atoms. The van der Waals surface area contributed by atoms with E-state index < -0.39 is 21.8 Å². The molecule has 0 aliphatic carbocycles. The van der Waals surface area contributed by atoms with Gasteiger partial charge in [0.1, 0.15) is 0 Å². The number of unbranched alkanes of at least 4 members (excludes halogenated alkanes) is 3. The number of rotatable bonds is 9. The van der Waals surface area contributed by atoms with Gasteiger partial charge < -0.3 is 9.90 Å². The molecule has 0 aliphatic heterocycles. The van der Waals surface area contributed by atoms with Crippen LogP contribution in [-0.4, -0.2) is 24.7 Å². The second-order valence-corrected chi connectivity index (χ2v) is 5.47. The van der Waals surface area contributed by atoms with Gasteiger partial charge in [0, 0.05) is 0 Å². The monoisotopic (exact) mass is 286 g/mol. The van der Waals surface area contributed by atoms with Crippen LogP contribution < -0.4 is 34.7 Å². The van der Waals surface area contributed by atoms with Crippen molar-refractivity contribution in [2.75, 3.05) is 5.75 Å². The average Bonchev–Trinajstić information content (AvgIpc) is 2.19. The van der Waals surface area contributed by atoms with Crippen LogP contribution in [0.4, 0.5) is 0 Å². The molecule has 0 saturated carbocycles. The van der Waals surface area contributed by atoms with Crippen LogP contribution >= 0.6 is 0 Å². The minimum absolute atomic E-state index is 0. The molecule has 0 fully saturated rings. The van der Waals surface area contributed by atoms with Gasteiger partial charge in [0.2, 0.25) is 0 Å². The van der Waals surface area contributed by atoms with Gasteiger partial charge in [-0.15, -0.1) is 0 Å². The molecule has 0 spiro atoms. The molecule has 0 rings (SSSR count). The van der Waals surface area contributed by atoms with Gasteiger partial charge in [-0.25, -0.2) is 0 Å². The Balaban J connectivity index is 0. The normalized spacial score (nSPS) is 12.0. The van der Waals surface area contributed by atoms with Crippen molar-refractivity contribution in [3.63, 3.8) is 0 Å². The molecule has 0 unspecified atom stereocenters. The van der Waals surface area contributed by atoms with Crippen molar-refractivity contribution in [3.8, 4) is 0 Å². The molecule has 0 aromatic carbocycles. The number of aliphatic carboxylic acids is 1. The van der Waals surface area contributed by atoms with E-state index in [2.05, 4.69) is 6.92 Å². The van der Waals surface area contributed by atoms with E-state index >= 15 is 0 Å². The molecule has 0 atom stereocenters. The predicted octanol–water partition coefficient (Wildman–Crippen LogP) is -2.08. The number of hydrogen-bond donors (Lipinski definition) is 1. The number of carbonyl (C=O) groups is 1. The average molecular weight is 286 g/mol. The summed E-state index contributed by atoms with van der Waals surface area (Å²) in [5, 5.41) is 10.7. The van der Waals surface area contributed by atoms with Crippen LogP contribution in [0.25, 0.3) is 0 Å². The summed E-state index contributed by atoms with van der Waals surface area (Å²) in [6, 6.07) is 0. The second kappa shape index (κ2) is 11.0. The standard InChI is InChI=1S/C11H20O5S.Na/c1-2-3-4-5-7-10(11(12)13)8-6-9-17(14,15)16;/h8H,2-7,9H2,1H3,(H,12,13)(H,14,15,16);/q;+1/p-1. The maximum absolute atomic E-state index is 10.7. The van der Waals surface area contributed by atoms with E-state index in [1.54, 1.807) is 0 Å². The molecular formula is C11H19NaO5S. The topological polar surface area (TPSA) is 94.5 Å². The first-order valence-electron chi connectivity index (χ1n) is 5.72. The van der Waals surface area contributed by atoms with Crippen LogP contribution in [-0.2, 0) is 14.9 Å². The van der Waals surface area contributed by atoms with Crippen LogP contribution in [0.1, 0.15) is 45.4 Å². The molecule has 0 amide bonds. The van der Waals surface area contributed by atoms with Gasteiger partial charge in [0.15, 0.2) is 0 Å². The molecule has 0 aromatic rings. The number of carboxylic acid groups (broad SMARTS) is 1. The van der Waals surface area contributed by atoms with Crippen molar-refractivity contribution in [2.24, 2.45) is 0 Å². The maximum atomic E-state index is 10.7. The summed E-state index contributed by atoms with van der Waals surface area (Å²) in [6.07, 6.45) is 5.50. The fourth-order valence-corrected chi connectivity index (χ4v) is 1.83. The minimum atomic E-state index is -4.03. The van der Waals surface area contributed by atoms with Gasteiger partial charge in [-0.2, -0.15) is 8.42 Å². The zero-order valence-electron chi connectivity index (χ0n) is 11.0. The first-order valence-corrected chi connectivity index (χ1v) is 7.33. The fraction of sp³-hybridized carbons (Fsp3) is 0.727. The first-order chi connectivity index (χ1) is 7.87. The molecule has 0 aliphatic rings. The Kier molecular flexibility index (Phi) is 12.5. The summed E-state index contributed by atoms with van der Waals surface area (Å²) < 4.78 is 29.4. The Bertz CT molecular complexity index is 362. The third kappa shape index (κ3) is 12.6. The van der Waals surface area contributed by atoms with Gasteiger partial charge in [-0.05, 0) is 24.8 Å². The predicted molar refractivity (Wildman–Crippen MR) is 62.9 cm³/mol. The van der Waals surface area contributed by atoms with E-state index in [1.807, 2.05) is 0 Å². The maximum Gasteiger partial charge on any atom is 1.00 e. The summed E-state index contributed by atoms with van der Waals surface area (Å²) >= 11 is 0. The molecular weight excluding hydrogens is 267 g/mol. The van der Waals surface area contributed by atoms with Gasteiger partial charge in [-0.3, -0.25) is 4.55 Å². The smallest absolute Gasteiger partial charge is 0.545 e. The molecule has 7 heteroatoms. The van der Waals surface area contributed by atoms with E-state index in [0.717, 1.165) is 25.7 Å². The molecule has 0 radical (unpaired) electrons. The Morgan fingerprint density at radius 1 is 1.28 bits per heavy atom. The fourth-order valence-electron chi connectivity index (χ4n) is 1.41. The Morgan fingerprint density at radius 2 is 1.89 bits per heavy atom. The Morgan fingerprint density at radius 3 is 2.33 bits per heavy atom. The quantitative estimate of drug-likeness (QED) is 0.227. The molecule has 1 N–H and O–H groups in total. The third-order valence-corrected chi connectivity index (χ3v) is 3.08. The van der Waals surface area contributed by atoms with Crippen molar-refractivity contribution >= 4 is 16.1 Å². The zero-order valence-corrected chi connectivity index (χ0v) is 13.8. The van der Waals surface area contributed by atoms with Gasteiger partial charge in [0.05, 0.1) is 11.7 Å². The van der Waals surface area contributed by atoms with Gasteiger partial charge >= 0.3 is 29.6 Å². The Hall–Kier alpha value is 0.120. The zero-order chi connectivity index (χ0) is 13.3. The number of hydrogen-bond acceptors (Lipinski definition) is 4. The van der Waals surface area contributed by atoms with Crippen LogP contribution in [0.3, 0.4) is 0 Å². The van der Waals surface area contributed by atoms with E-state index in [1.165, 1.54) is 6.08 Å². The van der Waals surface area contributed by atoms with E-state index in [0.29, 0.717) is 6.42 Å². The molecule has 0 bridgehead atoms. The summed E-state index contributed by atoms with van der Waals surface area (Å²) in [7, 11) is -4.03. The van der Waals surface area contributed by atoms with Crippen LogP contribution in [0.2, 0.25) is 0 Å². The third-order valence-electron chi connectivity index (χ3n) is 2.33. The van der Waals surface area contributed by atoms with Gasteiger partial charge in [0.25, 0.3) is 10.1 Å². The summed E-state index contributed by atoms with van der Waals surface area (Å²) in [5.41, 5.74) is 0.116. The van der Waals surface area contributed by atoms with Crippen molar-refractivity contribution < 1.29 is 52.4 Å². The Labute approximate surface area is 131 Å². The van der Waals surface area contributed by atoms with Crippen LogP contribution in [0, 0.1) is 0 Å². The largest absolute Gasteiger partial charge is 1.00 e. The van der Waals surface area contributed by atoms with Crippen LogP contribution in [0.5, 0.6) is 0 Å². The SMILES string of the molecule is CCCCCCC(=CCCS(=O)(=O)O)C(=O)[O-].[Na+]. The van der Waals surface area contributed by atoms with Crippen molar-refractivity contribution in [1.82, 2.24) is 0 Å². The summed E-state index contributed by atoms with van der Waals surface area (Å²) in [4.78, 5) is 10.7.